The highest BCUT2D eigenvalue weighted by molar-refractivity contribution is 7.92. The van der Waals surface area contributed by atoms with Crippen LogP contribution in [0.25, 0.3) is 0 Å². The minimum absolute atomic E-state index is 0.00596. The Morgan fingerprint density at radius 3 is 2.40 bits per heavy atom. The number of nitrogens with zero attached hydrogens (tertiary/aromatic N) is 2. The van der Waals surface area contributed by atoms with Gasteiger partial charge in [-0.15, -0.1) is 10.2 Å². The Morgan fingerprint density at radius 1 is 1.20 bits per heavy atom. The number of nitrogens with one attached hydrogen (secondary N) is 1. The number of hydrogen-bond donors (Lipinski definition) is 1. The van der Waals surface area contributed by atoms with Gasteiger partial charge in [-0.1, -0.05) is 24.7 Å². The third-order valence-corrected chi connectivity index (χ3v) is 5.56. The molecule has 2 rings (SSSR count). The maximum absolute atomic E-state index is 12.5. The van der Waals surface area contributed by atoms with Crippen LogP contribution in [0.5, 0.6) is 0 Å². The van der Waals surface area contributed by atoms with E-state index in [9.17, 15) is 26.4 Å². The second-order valence-corrected chi connectivity index (χ2v) is 8.04. The van der Waals surface area contributed by atoms with Crippen molar-refractivity contribution in [3.8, 4) is 0 Å². The van der Waals surface area contributed by atoms with Crippen LogP contribution in [0, 0.1) is 0 Å². The summed E-state index contributed by atoms with van der Waals surface area (Å²) in [6.07, 6.45) is 2.68. The van der Waals surface area contributed by atoms with Gasteiger partial charge in [0.05, 0.1) is 4.90 Å². The summed E-state index contributed by atoms with van der Waals surface area (Å²) in [6, 6.07) is 3.50. The van der Waals surface area contributed by atoms with Gasteiger partial charge in [0.1, 0.15) is 5.01 Å². The average molecular weight is 393 g/mol. The molecule has 11 heteroatoms. The lowest BCUT2D eigenvalue weighted by Gasteiger charge is -2.08. The number of amides is 1. The predicted octanol–water partition coefficient (Wildman–Crippen LogP) is 3.43. The quantitative estimate of drug-likeness (QED) is 0.812. The van der Waals surface area contributed by atoms with Gasteiger partial charge in [-0.2, -0.15) is 13.2 Å². The number of unbranched alkanes of at least 4 members (excludes halogenated alkanes) is 1. The third-order valence-electron chi connectivity index (χ3n) is 3.16. The first-order valence-corrected chi connectivity index (χ1v) is 9.50. The molecule has 0 atom stereocenters. The Kier molecular flexibility index (Phi) is 5.78. The van der Waals surface area contributed by atoms with E-state index in [2.05, 4.69) is 15.5 Å². The van der Waals surface area contributed by atoms with Crippen molar-refractivity contribution in [3.05, 3.63) is 34.8 Å². The highest BCUT2D eigenvalue weighted by atomic mass is 32.2. The summed E-state index contributed by atoms with van der Waals surface area (Å²) in [5.74, 6) is -0.617. The summed E-state index contributed by atoms with van der Waals surface area (Å²) in [5.41, 5.74) is -5.38. The Labute approximate surface area is 146 Å². The number of sulfone groups is 1. The molecule has 0 fully saturated rings. The van der Waals surface area contributed by atoms with E-state index in [1.54, 1.807) is 0 Å². The standard InChI is InChI=1S/C14H14F3N3O3S2/c1-2-3-4-11-19-20-13(24-11)18-12(21)9-5-7-10(8-6-9)25(22,23)14(15,16)17/h5-8H,2-4H2,1H3,(H,18,20,21). The van der Waals surface area contributed by atoms with Gasteiger partial charge in [-0.25, -0.2) is 8.42 Å². The molecule has 1 aromatic carbocycles. The van der Waals surface area contributed by atoms with Crippen LogP contribution in [0.15, 0.2) is 29.2 Å². The molecule has 0 saturated carbocycles. The van der Waals surface area contributed by atoms with Crippen LogP contribution in [0.2, 0.25) is 0 Å². The van der Waals surface area contributed by atoms with Gasteiger partial charge in [-0.05, 0) is 30.7 Å². The van der Waals surface area contributed by atoms with Crippen molar-refractivity contribution in [2.45, 2.75) is 36.6 Å². The molecule has 1 aromatic heterocycles. The SMILES string of the molecule is CCCCc1nnc(NC(=O)c2ccc(S(=O)(=O)C(F)(F)F)cc2)s1. The van der Waals surface area contributed by atoms with Gasteiger partial charge < -0.3 is 0 Å². The monoisotopic (exact) mass is 393 g/mol. The molecule has 1 heterocycles. The van der Waals surface area contributed by atoms with Gasteiger partial charge in [-0.3, -0.25) is 10.1 Å². The van der Waals surface area contributed by atoms with Crippen LogP contribution in [-0.4, -0.2) is 30.0 Å². The number of rotatable bonds is 6. The molecular formula is C14H14F3N3O3S2. The summed E-state index contributed by atoms with van der Waals surface area (Å²) in [6.45, 7) is 2.03. The van der Waals surface area contributed by atoms with Gasteiger partial charge in [0.2, 0.25) is 5.13 Å². The first kappa shape index (κ1) is 19.3. The van der Waals surface area contributed by atoms with Crippen LogP contribution >= 0.6 is 11.3 Å². The largest absolute Gasteiger partial charge is 0.501 e. The smallest absolute Gasteiger partial charge is 0.296 e. The first-order chi connectivity index (χ1) is 11.6. The van der Waals surface area contributed by atoms with Gasteiger partial charge in [0, 0.05) is 12.0 Å². The normalized spacial score (nSPS) is 12.2. The minimum atomic E-state index is -5.44. The average Bonchev–Trinajstić information content (AvgIpc) is 2.99. The van der Waals surface area contributed by atoms with E-state index in [1.807, 2.05) is 6.92 Å². The Hall–Kier alpha value is -2.01. The number of carbonyl (C=O) groups is 1. The molecule has 0 aliphatic rings. The van der Waals surface area contributed by atoms with Crippen molar-refractivity contribution >= 4 is 32.2 Å². The molecule has 136 valence electrons. The zero-order chi connectivity index (χ0) is 18.7. The first-order valence-electron chi connectivity index (χ1n) is 7.20. The van der Waals surface area contributed by atoms with Crippen LogP contribution < -0.4 is 5.32 Å². The van der Waals surface area contributed by atoms with Crippen molar-refractivity contribution in [1.29, 1.82) is 0 Å². The Morgan fingerprint density at radius 2 is 1.84 bits per heavy atom. The molecule has 2 aromatic rings. The van der Waals surface area contributed by atoms with Gasteiger partial charge in [0.15, 0.2) is 0 Å². The van der Waals surface area contributed by atoms with E-state index in [4.69, 9.17) is 0 Å². The summed E-state index contributed by atoms with van der Waals surface area (Å²) in [4.78, 5) is 11.1. The highest BCUT2D eigenvalue weighted by Crippen LogP contribution is 2.30. The fourth-order valence-corrected chi connectivity index (χ4v) is 3.36. The molecule has 0 aliphatic carbocycles. The molecule has 0 spiro atoms. The number of halogens is 3. The Balaban J connectivity index is 2.09. The third kappa shape index (κ3) is 4.54. The topological polar surface area (TPSA) is 89.0 Å². The molecule has 0 saturated heterocycles. The lowest BCUT2D eigenvalue weighted by molar-refractivity contribution is -0.0436. The number of benzene rings is 1. The van der Waals surface area contributed by atoms with Crippen molar-refractivity contribution < 1.29 is 26.4 Å². The van der Waals surface area contributed by atoms with Gasteiger partial charge >= 0.3 is 5.51 Å². The number of aryl methyl sites for hydroxylation is 1. The summed E-state index contributed by atoms with van der Waals surface area (Å²) >= 11 is 1.21. The Bertz CT molecular complexity index is 846. The zero-order valence-electron chi connectivity index (χ0n) is 13.0. The molecule has 1 amide bonds. The van der Waals surface area contributed by atoms with Crippen LogP contribution in [-0.2, 0) is 16.3 Å². The predicted molar refractivity (Wildman–Crippen MR) is 86.2 cm³/mol. The lowest BCUT2D eigenvalue weighted by atomic mass is 10.2. The molecule has 0 bridgehead atoms. The second-order valence-electron chi connectivity index (χ2n) is 5.03. The number of anilines is 1. The number of hydrogen-bond acceptors (Lipinski definition) is 6. The molecule has 6 nitrogen and oxygen atoms in total. The molecular weight excluding hydrogens is 379 g/mol. The number of carbonyl (C=O) groups excluding carboxylic acids is 1. The molecule has 0 radical (unpaired) electrons. The maximum Gasteiger partial charge on any atom is 0.501 e. The molecule has 25 heavy (non-hydrogen) atoms. The van der Waals surface area contributed by atoms with Crippen molar-refractivity contribution in [2.75, 3.05) is 5.32 Å². The lowest BCUT2D eigenvalue weighted by Crippen LogP contribution is -2.23. The summed E-state index contributed by atoms with van der Waals surface area (Å²) in [5, 5.41) is 11.3. The van der Waals surface area contributed by atoms with E-state index < -0.39 is 26.1 Å². The summed E-state index contributed by atoms with van der Waals surface area (Å²) in [7, 11) is -5.44. The number of alkyl halides is 3. The summed E-state index contributed by atoms with van der Waals surface area (Å²) < 4.78 is 60.0. The van der Waals surface area contributed by atoms with Crippen LogP contribution in [0.4, 0.5) is 18.3 Å². The fourth-order valence-electron chi connectivity index (χ4n) is 1.82. The van der Waals surface area contributed by atoms with E-state index in [0.717, 1.165) is 48.5 Å². The highest BCUT2D eigenvalue weighted by Gasteiger charge is 2.46. The van der Waals surface area contributed by atoms with Gasteiger partial charge in [0.25, 0.3) is 15.7 Å². The number of aromatic nitrogens is 2. The van der Waals surface area contributed by atoms with E-state index >= 15 is 0 Å². The van der Waals surface area contributed by atoms with E-state index in [1.165, 1.54) is 11.3 Å². The molecule has 1 N–H and O–H groups in total. The molecule has 0 aliphatic heterocycles. The zero-order valence-corrected chi connectivity index (χ0v) is 14.6. The van der Waals surface area contributed by atoms with Crippen molar-refractivity contribution in [3.63, 3.8) is 0 Å². The minimum Gasteiger partial charge on any atom is -0.296 e. The van der Waals surface area contributed by atoms with Crippen molar-refractivity contribution in [2.24, 2.45) is 0 Å². The van der Waals surface area contributed by atoms with E-state index in [-0.39, 0.29) is 10.7 Å². The van der Waals surface area contributed by atoms with Crippen LogP contribution in [0.1, 0.15) is 35.1 Å². The van der Waals surface area contributed by atoms with Crippen LogP contribution in [0.3, 0.4) is 0 Å². The van der Waals surface area contributed by atoms with E-state index in [0.29, 0.717) is 0 Å². The second kappa shape index (κ2) is 7.48. The van der Waals surface area contributed by atoms with Crippen molar-refractivity contribution in [1.82, 2.24) is 10.2 Å². The molecule has 0 unspecified atom stereocenters. The maximum atomic E-state index is 12.5. The fraction of sp³-hybridized carbons (Fsp3) is 0.357.